The third kappa shape index (κ3) is 7.74. The van der Waals surface area contributed by atoms with Gasteiger partial charge in [0.1, 0.15) is 11.9 Å². The zero-order valence-corrected chi connectivity index (χ0v) is 33.9. The molecule has 2 aromatic heterocycles. The normalized spacial score (nSPS) is 21.2. The van der Waals surface area contributed by atoms with Crippen molar-refractivity contribution < 1.29 is 31.2 Å². The van der Waals surface area contributed by atoms with Crippen LogP contribution in [0.1, 0.15) is 55.7 Å². The number of aryl methyl sites for hydroxylation is 1. The standard InChI is InChI=1S/C39H41Cl2F3N8O5S/c1-49(25-19-51(20-25)18-22-4-3-5-31-35(22)50(2)38(55)52(31)32-12-13-33(53)46-37(32)54)17-21-6-9-26(10-7-21)58(56,57)48-29-11-8-24(40)16-27(29)36-45-30-15-23(39(42,43)44)14-28(41)34(30)47-36/h3-5,8,11,14-16,21,25-26,32,48H,6-7,9-10,12-13,17-20H2,1-2H3,(H,45,47)(H,46,53,54). The van der Waals surface area contributed by atoms with Gasteiger partial charge in [0, 0.05) is 56.3 Å². The van der Waals surface area contributed by atoms with Crippen LogP contribution < -0.4 is 15.7 Å². The fourth-order valence-electron chi connectivity index (χ4n) is 8.65. The highest BCUT2D eigenvalue weighted by atomic mass is 35.5. The summed E-state index contributed by atoms with van der Waals surface area (Å²) in [6.45, 7) is 3.10. The minimum absolute atomic E-state index is 0.0218. The van der Waals surface area contributed by atoms with E-state index in [4.69, 9.17) is 23.2 Å². The number of imide groups is 1. The van der Waals surface area contributed by atoms with Gasteiger partial charge in [0.25, 0.3) is 0 Å². The van der Waals surface area contributed by atoms with Crippen LogP contribution in [-0.2, 0) is 39.4 Å². The molecule has 58 heavy (non-hydrogen) atoms. The molecule has 1 atom stereocenters. The number of aromatic nitrogens is 4. The second-order valence-corrected chi connectivity index (χ2v) is 18.5. The van der Waals surface area contributed by atoms with Crippen molar-refractivity contribution in [1.29, 1.82) is 0 Å². The average Bonchev–Trinajstić information content (AvgIpc) is 3.69. The van der Waals surface area contributed by atoms with Crippen LogP contribution >= 0.6 is 23.2 Å². The van der Waals surface area contributed by atoms with Gasteiger partial charge in [-0.05, 0) is 87.0 Å². The van der Waals surface area contributed by atoms with E-state index in [2.05, 4.69) is 36.9 Å². The molecule has 3 aromatic carbocycles. The van der Waals surface area contributed by atoms with Crippen LogP contribution in [0.2, 0.25) is 10.0 Å². The maximum Gasteiger partial charge on any atom is 0.416 e. The summed E-state index contributed by atoms with van der Waals surface area (Å²) in [5.74, 6) is -0.371. The number of fused-ring (bicyclic) bond motifs is 2. The summed E-state index contributed by atoms with van der Waals surface area (Å²) in [6.07, 6.45) is -1.79. The van der Waals surface area contributed by atoms with Gasteiger partial charge in [-0.25, -0.2) is 18.2 Å². The predicted octanol–water partition coefficient (Wildman–Crippen LogP) is 6.30. The maximum atomic E-state index is 13.7. The minimum Gasteiger partial charge on any atom is -0.337 e. The molecular weight excluding hydrogens is 820 g/mol. The summed E-state index contributed by atoms with van der Waals surface area (Å²) in [5.41, 5.74) is 1.78. The number of imidazole rings is 2. The number of alkyl halides is 3. The molecule has 3 N–H and O–H groups in total. The number of likely N-dealkylation sites (tertiary alicyclic amines) is 1. The Labute approximate surface area is 341 Å². The topological polar surface area (TPSA) is 154 Å². The molecule has 0 spiro atoms. The molecule has 0 radical (unpaired) electrons. The molecule has 1 saturated carbocycles. The number of sulfonamides is 1. The molecule has 3 aliphatic rings. The number of para-hydroxylation sites is 1. The first-order valence-electron chi connectivity index (χ1n) is 19.0. The van der Waals surface area contributed by atoms with Crippen LogP contribution in [0.15, 0.2) is 53.3 Å². The number of carbonyl (C=O) groups excluding carboxylic acids is 2. The van der Waals surface area contributed by atoms with Crippen molar-refractivity contribution in [3.8, 4) is 11.4 Å². The number of benzene rings is 3. The van der Waals surface area contributed by atoms with Crippen molar-refractivity contribution in [2.45, 2.75) is 68.6 Å². The number of halogens is 5. The Balaban J connectivity index is 0.868. The molecule has 3 fully saturated rings. The van der Waals surface area contributed by atoms with Crippen molar-refractivity contribution in [2.24, 2.45) is 13.0 Å². The first-order chi connectivity index (χ1) is 27.5. The number of nitrogens with zero attached hydrogens (tertiary/aromatic N) is 5. The van der Waals surface area contributed by atoms with E-state index in [9.17, 15) is 36.0 Å². The van der Waals surface area contributed by atoms with Gasteiger partial charge < -0.3 is 9.88 Å². The number of hydrogen-bond donors (Lipinski definition) is 3. The molecule has 2 amide bonds. The smallest absolute Gasteiger partial charge is 0.337 e. The number of hydrogen-bond acceptors (Lipinski definition) is 8. The summed E-state index contributed by atoms with van der Waals surface area (Å²) < 4.78 is 73.5. The molecule has 1 aliphatic carbocycles. The first kappa shape index (κ1) is 40.4. The van der Waals surface area contributed by atoms with Gasteiger partial charge in [-0.2, -0.15) is 13.2 Å². The number of H-pyrrole nitrogens is 1. The Bertz CT molecular complexity index is 2610. The number of anilines is 1. The maximum absolute atomic E-state index is 13.7. The van der Waals surface area contributed by atoms with Crippen molar-refractivity contribution in [3.05, 3.63) is 80.2 Å². The van der Waals surface area contributed by atoms with Gasteiger partial charge in [-0.3, -0.25) is 33.7 Å². The Morgan fingerprint density at radius 3 is 2.45 bits per heavy atom. The van der Waals surface area contributed by atoms with E-state index in [1.807, 2.05) is 18.2 Å². The minimum atomic E-state index is -4.63. The lowest BCUT2D eigenvalue weighted by Gasteiger charge is -2.45. The number of carbonyl (C=O) groups is 2. The zero-order valence-electron chi connectivity index (χ0n) is 31.6. The van der Waals surface area contributed by atoms with E-state index >= 15 is 0 Å². The van der Waals surface area contributed by atoms with E-state index in [0.717, 1.165) is 55.7 Å². The van der Waals surface area contributed by atoms with Crippen LogP contribution in [0, 0.1) is 5.92 Å². The van der Waals surface area contributed by atoms with E-state index in [-0.39, 0.29) is 62.6 Å². The van der Waals surface area contributed by atoms with Crippen LogP contribution in [0.25, 0.3) is 33.5 Å². The van der Waals surface area contributed by atoms with Crippen molar-refractivity contribution in [1.82, 2.24) is 34.2 Å². The lowest BCUT2D eigenvalue weighted by Crippen LogP contribution is -2.58. The third-order valence-corrected chi connectivity index (χ3v) is 14.2. The summed E-state index contributed by atoms with van der Waals surface area (Å²) in [7, 11) is -0.0662. The van der Waals surface area contributed by atoms with E-state index in [1.165, 1.54) is 22.8 Å². The van der Waals surface area contributed by atoms with E-state index in [1.54, 1.807) is 11.6 Å². The molecule has 4 heterocycles. The first-order valence-corrected chi connectivity index (χ1v) is 21.3. The Morgan fingerprint density at radius 2 is 1.74 bits per heavy atom. The fourth-order valence-corrected chi connectivity index (χ4v) is 10.6. The van der Waals surface area contributed by atoms with Crippen molar-refractivity contribution >= 4 is 72.8 Å². The molecule has 2 aliphatic heterocycles. The second-order valence-electron chi connectivity index (χ2n) is 15.7. The summed E-state index contributed by atoms with van der Waals surface area (Å²) in [6, 6.07) is 11.5. The Kier molecular flexibility index (Phi) is 10.7. The van der Waals surface area contributed by atoms with Gasteiger partial charge in [-0.1, -0.05) is 35.3 Å². The number of aromatic amines is 1. The quantitative estimate of drug-likeness (QED) is 0.138. The van der Waals surface area contributed by atoms with Gasteiger partial charge in [0.15, 0.2) is 0 Å². The predicted molar refractivity (Wildman–Crippen MR) is 215 cm³/mol. The van der Waals surface area contributed by atoms with E-state index in [0.29, 0.717) is 36.9 Å². The highest BCUT2D eigenvalue weighted by Crippen LogP contribution is 2.38. The number of amides is 2. The van der Waals surface area contributed by atoms with Crippen LogP contribution in [-0.4, -0.2) is 87.1 Å². The highest BCUT2D eigenvalue weighted by molar-refractivity contribution is 7.93. The zero-order chi connectivity index (χ0) is 41.3. The molecule has 13 nitrogen and oxygen atoms in total. The number of likely N-dealkylation sites (N-methyl/N-ethyl adjacent to an activating group) is 1. The van der Waals surface area contributed by atoms with Gasteiger partial charge in [0.05, 0.1) is 43.6 Å². The van der Waals surface area contributed by atoms with Gasteiger partial charge in [0.2, 0.25) is 21.8 Å². The van der Waals surface area contributed by atoms with Crippen molar-refractivity contribution in [3.63, 3.8) is 0 Å². The highest BCUT2D eigenvalue weighted by Gasteiger charge is 2.37. The number of nitrogens with one attached hydrogen (secondary N) is 3. The molecule has 0 bridgehead atoms. The summed E-state index contributed by atoms with van der Waals surface area (Å²) >= 11 is 12.4. The van der Waals surface area contributed by atoms with Gasteiger partial charge in [-0.15, -0.1) is 0 Å². The summed E-state index contributed by atoms with van der Waals surface area (Å²) in [5, 5.41) is 1.82. The largest absolute Gasteiger partial charge is 0.416 e. The lowest BCUT2D eigenvalue weighted by atomic mass is 9.88. The molecule has 5 aromatic rings. The van der Waals surface area contributed by atoms with Crippen LogP contribution in [0.4, 0.5) is 18.9 Å². The monoisotopic (exact) mass is 860 g/mol. The second kappa shape index (κ2) is 15.3. The third-order valence-electron chi connectivity index (χ3n) is 11.8. The number of piperidine rings is 1. The lowest BCUT2D eigenvalue weighted by molar-refractivity contribution is -0.138. The molecule has 8 rings (SSSR count). The molecule has 2 saturated heterocycles. The van der Waals surface area contributed by atoms with E-state index < -0.39 is 39.0 Å². The number of rotatable bonds is 10. The van der Waals surface area contributed by atoms with Crippen LogP contribution in [0.3, 0.4) is 0 Å². The van der Waals surface area contributed by atoms with Crippen molar-refractivity contribution in [2.75, 3.05) is 31.4 Å². The average molecular weight is 862 g/mol. The molecular formula is C39H41Cl2F3N8O5S. The van der Waals surface area contributed by atoms with Gasteiger partial charge >= 0.3 is 11.9 Å². The fraction of sp³-hybridized carbons (Fsp3) is 0.436. The SMILES string of the molecule is CN(CC1CCC(S(=O)(=O)Nc2ccc(Cl)cc2-c2nc3cc(C(F)(F)F)cc(Cl)c3[nH]2)CC1)C1CN(Cc2cccc3c2n(C)c(=O)n3C2CCC(=O)NC2=O)C1. The Morgan fingerprint density at radius 1 is 1.00 bits per heavy atom. The molecule has 1 unspecified atom stereocenters. The van der Waals surface area contributed by atoms with Crippen LogP contribution in [0.5, 0.6) is 0 Å². The summed E-state index contributed by atoms with van der Waals surface area (Å²) in [4.78, 5) is 49.6. The Hall–Kier alpha value is -4.42. The molecule has 19 heteroatoms. The molecule has 308 valence electrons.